The van der Waals surface area contributed by atoms with Crippen LogP contribution in [0, 0.1) is 11.8 Å². The largest absolute Gasteiger partial charge is 0.493 e. The molecule has 0 spiro atoms. The Hall–Kier alpha value is -4.24. The Labute approximate surface area is 232 Å². The van der Waals surface area contributed by atoms with E-state index >= 15 is 0 Å². The molecular weight excluding hydrogens is 516 g/mol. The van der Waals surface area contributed by atoms with Gasteiger partial charge in [-0.2, -0.15) is 0 Å². The smallest absolute Gasteiger partial charge is 0.310 e. The van der Waals surface area contributed by atoms with E-state index in [4.69, 9.17) is 33.2 Å². The van der Waals surface area contributed by atoms with Gasteiger partial charge in [0.05, 0.1) is 53.0 Å². The molecule has 2 aliphatic rings. The number of ether oxygens (including phenoxy) is 7. The van der Waals surface area contributed by atoms with Crippen molar-refractivity contribution in [2.45, 2.75) is 19.4 Å². The number of hydrogen-bond donors (Lipinski definition) is 0. The molecule has 0 aromatic heterocycles. The molecule has 0 N–H and O–H groups in total. The molecule has 40 heavy (non-hydrogen) atoms. The molecule has 0 saturated carbocycles. The highest BCUT2D eigenvalue weighted by atomic mass is 16.7. The van der Waals surface area contributed by atoms with E-state index in [2.05, 4.69) is 0 Å². The Kier molecular flexibility index (Phi) is 8.11. The highest BCUT2D eigenvalue weighted by Crippen LogP contribution is 2.51. The summed E-state index contributed by atoms with van der Waals surface area (Å²) in [6, 6.07) is 16.7. The van der Waals surface area contributed by atoms with Gasteiger partial charge in [0.1, 0.15) is 0 Å². The zero-order valence-corrected chi connectivity index (χ0v) is 22.9. The predicted molar refractivity (Wildman–Crippen MR) is 145 cm³/mol. The van der Waals surface area contributed by atoms with Gasteiger partial charge in [0.15, 0.2) is 28.8 Å². The standard InChI is InChI=1S/C31H32O9/c1-5-38-31(33)28-22(16-37-15-18-9-7-6-8-10-18)29(32)21-14-24-23(39-17-40-24)13-20(21)27(28)19-11-25(34-2)30(36-4)26(12-19)35-3/h6-14,22,27-28H,5,15-17H2,1-4H3/t22-,27+,28-/m0/s1. The minimum Gasteiger partial charge on any atom is -0.493 e. The molecular formula is C31H32O9. The summed E-state index contributed by atoms with van der Waals surface area (Å²) in [5.41, 5.74) is 2.72. The topological polar surface area (TPSA) is 98.8 Å². The van der Waals surface area contributed by atoms with Crippen LogP contribution in [0.5, 0.6) is 28.7 Å². The molecule has 3 aromatic carbocycles. The number of esters is 1. The van der Waals surface area contributed by atoms with Gasteiger partial charge in [-0.3, -0.25) is 9.59 Å². The van der Waals surface area contributed by atoms with E-state index in [0.29, 0.717) is 52.0 Å². The lowest BCUT2D eigenvalue weighted by atomic mass is 9.66. The van der Waals surface area contributed by atoms with Gasteiger partial charge in [-0.25, -0.2) is 0 Å². The summed E-state index contributed by atoms with van der Waals surface area (Å²) in [5, 5.41) is 0. The van der Waals surface area contributed by atoms with E-state index in [1.54, 1.807) is 31.2 Å². The molecule has 1 aliphatic heterocycles. The van der Waals surface area contributed by atoms with E-state index in [-0.39, 0.29) is 25.8 Å². The molecule has 0 saturated heterocycles. The van der Waals surface area contributed by atoms with Crippen LogP contribution in [0.4, 0.5) is 0 Å². The molecule has 9 nitrogen and oxygen atoms in total. The van der Waals surface area contributed by atoms with Gasteiger partial charge in [-0.15, -0.1) is 0 Å². The van der Waals surface area contributed by atoms with Crippen LogP contribution in [-0.2, 0) is 20.9 Å². The average molecular weight is 549 g/mol. The maximum Gasteiger partial charge on any atom is 0.310 e. The number of Topliss-reactive ketones (excluding diaryl/α,β-unsaturated/α-hetero) is 1. The molecule has 0 radical (unpaired) electrons. The first kappa shape index (κ1) is 27.3. The Morgan fingerprint density at radius 1 is 0.925 bits per heavy atom. The van der Waals surface area contributed by atoms with Crippen LogP contribution in [0.25, 0.3) is 0 Å². The van der Waals surface area contributed by atoms with Crippen LogP contribution < -0.4 is 23.7 Å². The Morgan fingerprint density at radius 2 is 1.60 bits per heavy atom. The van der Waals surface area contributed by atoms with Gasteiger partial charge >= 0.3 is 5.97 Å². The van der Waals surface area contributed by atoms with Gasteiger partial charge in [0.25, 0.3) is 0 Å². The first-order chi connectivity index (χ1) is 19.5. The molecule has 0 unspecified atom stereocenters. The summed E-state index contributed by atoms with van der Waals surface area (Å²) in [7, 11) is 4.58. The fourth-order valence-corrected chi connectivity index (χ4v) is 5.48. The van der Waals surface area contributed by atoms with Gasteiger partial charge in [-0.1, -0.05) is 30.3 Å². The van der Waals surface area contributed by atoms with Gasteiger partial charge in [0.2, 0.25) is 12.5 Å². The van der Waals surface area contributed by atoms with E-state index in [0.717, 1.165) is 5.56 Å². The van der Waals surface area contributed by atoms with Crippen molar-refractivity contribution < 1.29 is 42.7 Å². The fourth-order valence-electron chi connectivity index (χ4n) is 5.48. The van der Waals surface area contributed by atoms with Crippen LogP contribution >= 0.6 is 0 Å². The third-order valence-corrected chi connectivity index (χ3v) is 7.29. The number of methoxy groups -OCH3 is 3. The number of hydrogen-bond acceptors (Lipinski definition) is 9. The van der Waals surface area contributed by atoms with E-state index in [1.807, 2.05) is 30.3 Å². The Bertz CT molecular complexity index is 1360. The van der Waals surface area contributed by atoms with Crippen LogP contribution in [-0.4, -0.2) is 53.1 Å². The Balaban J connectivity index is 1.65. The molecule has 0 fully saturated rings. The van der Waals surface area contributed by atoms with Crippen molar-refractivity contribution in [1.82, 2.24) is 0 Å². The van der Waals surface area contributed by atoms with Crippen molar-refractivity contribution >= 4 is 11.8 Å². The molecule has 9 heteroatoms. The highest BCUT2D eigenvalue weighted by Gasteiger charge is 2.48. The molecule has 3 atom stereocenters. The minimum absolute atomic E-state index is 0.0199. The first-order valence-electron chi connectivity index (χ1n) is 13.1. The number of ketones is 1. The second-order valence-corrected chi connectivity index (χ2v) is 9.48. The summed E-state index contributed by atoms with van der Waals surface area (Å²) in [6.07, 6.45) is 0. The minimum atomic E-state index is -0.890. The lowest BCUT2D eigenvalue weighted by molar-refractivity contribution is -0.151. The third-order valence-electron chi connectivity index (χ3n) is 7.29. The van der Waals surface area contributed by atoms with E-state index in [1.165, 1.54) is 21.3 Å². The number of fused-ring (bicyclic) bond motifs is 2. The summed E-state index contributed by atoms with van der Waals surface area (Å²) >= 11 is 0. The van der Waals surface area contributed by atoms with Crippen molar-refractivity contribution in [3.63, 3.8) is 0 Å². The molecule has 0 amide bonds. The van der Waals surface area contributed by atoms with Crippen LogP contribution in [0.2, 0.25) is 0 Å². The number of rotatable bonds is 10. The third kappa shape index (κ3) is 5.04. The number of benzene rings is 3. The fraction of sp³-hybridized carbons (Fsp3) is 0.355. The molecule has 210 valence electrons. The Morgan fingerprint density at radius 3 is 2.23 bits per heavy atom. The molecule has 0 bridgehead atoms. The highest BCUT2D eigenvalue weighted by molar-refractivity contribution is 6.04. The quantitative estimate of drug-likeness (QED) is 0.332. The van der Waals surface area contributed by atoms with Crippen molar-refractivity contribution in [2.24, 2.45) is 11.8 Å². The van der Waals surface area contributed by atoms with Crippen molar-refractivity contribution in [1.29, 1.82) is 0 Å². The van der Waals surface area contributed by atoms with Crippen molar-refractivity contribution in [3.05, 3.63) is 76.9 Å². The summed E-state index contributed by atoms with van der Waals surface area (Å²) < 4.78 is 39.6. The lowest BCUT2D eigenvalue weighted by Crippen LogP contribution is -2.43. The van der Waals surface area contributed by atoms with E-state index in [9.17, 15) is 9.59 Å². The van der Waals surface area contributed by atoms with Crippen molar-refractivity contribution in [2.75, 3.05) is 41.3 Å². The number of carbonyl (C=O) groups excluding carboxylic acids is 2. The molecule has 3 aromatic rings. The van der Waals surface area contributed by atoms with Crippen LogP contribution in [0.3, 0.4) is 0 Å². The SMILES string of the molecule is CCOC(=O)[C@@H]1[C@H](c2cc(OC)c(OC)c(OC)c2)c2cc3c(cc2C(=O)[C@H]1COCc1ccccc1)OCO3. The zero-order valence-electron chi connectivity index (χ0n) is 22.9. The number of carbonyl (C=O) groups is 2. The van der Waals surface area contributed by atoms with Crippen LogP contribution in [0.15, 0.2) is 54.6 Å². The second kappa shape index (κ2) is 11.9. The predicted octanol–water partition coefficient (Wildman–Crippen LogP) is 4.78. The maximum absolute atomic E-state index is 14.0. The average Bonchev–Trinajstić information content (AvgIpc) is 3.44. The summed E-state index contributed by atoms with van der Waals surface area (Å²) in [4.78, 5) is 27.7. The van der Waals surface area contributed by atoms with E-state index < -0.39 is 23.7 Å². The molecule has 1 aliphatic carbocycles. The normalized spacial score (nSPS) is 19.1. The second-order valence-electron chi connectivity index (χ2n) is 9.48. The summed E-state index contributed by atoms with van der Waals surface area (Å²) in [5.74, 6) is -0.777. The first-order valence-corrected chi connectivity index (χ1v) is 13.1. The zero-order chi connectivity index (χ0) is 28.2. The monoisotopic (exact) mass is 548 g/mol. The molecule has 5 rings (SSSR count). The lowest BCUT2D eigenvalue weighted by Gasteiger charge is -2.37. The van der Waals surface area contributed by atoms with Gasteiger partial charge in [0, 0.05) is 11.5 Å². The van der Waals surface area contributed by atoms with Gasteiger partial charge in [-0.05, 0) is 47.9 Å². The van der Waals surface area contributed by atoms with Crippen LogP contribution in [0.1, 0.15) is 39.9 Å². The van der Waals surface area contributed by atoms with Crippen molar-refractivity contribution in [3.8, 4) is 28.7 Å². The summed E-state index contributed by atoms with van der Waals surface area (Å²) in [6.45, 7) is 2.27. The maximum atomic E-state index is 14.0. The molecule has 1 heterocycles. The van der Waals surface area contributed by atoms with Gasteiger partial charge < -0.3 is 33.2 Å².